The maximum absolute atomic E-state index is 11.3. The summed E-state index contributed by atoms with van der Waals surface area (Å²) in [5, 5.41) is 11.3. The van der Waals surface area contributed by atoms with Crippen molar-refractivity contribution in [1.82, 2.24) is 5.39 Å². The standard InChI is InChI=1S/C12H14NO3/c1-3-8-11(4-2)15-13(14)16-12-9-6-5-7-10-12/h3-10H,1-2H3/q-1/b8-3-,11-4+. The minimum atomic E-state index is 0.0741. The molecular weight excluding hydrogens is 206 g/mol. The van der Waals surface area contributed by atoms with Gasteiger partial charge in [-0.3, -0.25) is 0 Å². The lowest BCUT2D eigenvalue weighted by atomic mass is 10.3. The normalized spacial score (nSPS) is 12.1. The molecule has 0 aliphatic heterocycles. The lowest BCUT2D eigenvalue weighted by Gasteiger charge is -2.26. The maximum atomic E-state index is 11.3. The van der Waals surface area contributed by atoms with Gasteiger partial charge < -0.3 is 14.9 Å². The first-order chi connectivity index (χ1) is 7.76. The van der Waals surface area contributed by atoms with Crippen molar-refractivity contribution in [2.75, 3.05) is 0 Å². The molecule has 0 fully saturated rings. The van der Waals surface area contributed by atoms with Crippen molar-refractivity contribution in [3.05, 3.63) is 59.5 Å². The summed E-state index contributed by atoms with van der Waals surface area (Å²) in [6, 6.07) is 8.70. The smallest absolute Gasteiger partial charge is 0.150 e. The van der Waals surface area contributed by atoms with Crippen molar-refractivity contribution in [1.29, 1.82) is 0 Å². The molecule has 86 valence electrons. The molecule has 4 heteroatoms. The van der Waals surface area contributed by atoms with Crippen molar-refractivity contribution < 1.29 is 9.68 Å². The van der Waals surface area contributed by atoms with E-state index in [1.54, 1.807) is 49.4 Å². The van der Waals surface area contributed by atoms with Gasteiger partial charge in [-0.2, -0.15) is 0 Å². The molecule has 0 saturated heterocycles. The van der Waals surface area contributed by atoms with E-state index in [1.165, 1.54) is 0 Å². The van der Waals surface area contributed by atoms with Gasteiger partial charge in [0.2, 0.25) is 0 Å². The number of benzene rings is 1. The third kappa shape index (κ3) is 4.16. The lowest BCUT2D eigenvalue weighted by Crippen LogP contribution is -2.20. The first-order valence-electron chi connectivity index (χ1n) is 4.93. The second-order valence-corrected chi connectivity index (χ2v) is 2.91. The molecule has 0 unspecified atom stereocenters. The van der Waals surface area contributed by atoms with Crippen molar-refractivity contribution in [3.8, 4) is 5.75 Å². The average Bonchev–Trinajstić information content (AvgIpc) is 2.29. The van der Waals surface area contributed by atoms with Crippen LogP contribution in [0.5, 0.6) is 5.75 Å². The predicted molar refractivity (Wildman–Crippen MR) is 61.9 cm³/mol. The summed E-state index contributed by atoms with van der Waals surface area (Å²) >= 11 is 0. The molecule has 0 atom stereocenters. The minimum absolute atomic E-state index is 0.0741. The van der Waals surface area contributed by atoms with E-state index >= 15 is 0 Å². The van der Waals surface area contributed by atoms with Crippen LogP contribution in [0, 0.1) is 5.21 Å². The van der Waals surface area contributed by atoms with Crippen molar-refractivity contribution >= 4 is 0 Å². The molecule has 0 aromatic heterocycles. The minimum Gasteiger partial charge on any atom is -0.718 e. The molecule has 1 rings (SSSR count). The summed E-state index contributed by atoms with van der Waals surface area (Å²) in [6.45, 7) is 3.60. The first-order valence-corrected chi connectivity index (χ1v) is 4.93. The Bertz CT molecular complexity index is 360. The van der Waals surface area contributed by atoms with E-state index in [0.717, 1.165) is 0 Å². The van der Waals surface area contributed by atoms with Gasteiger partial charge in [-0.15, -0.1) is 0 Å². The summed E-state index contributed by atoms with van der Waals surface area (Å²) in [4.78, 5) is 9.75. The van der Waals surface area contributed by atoms with Crippen molar-refractivity contribution in [3.63, 3.8) is 0 Å². The second-order valence-electron chi connectivity index (χ2n) is 2.91. The number of rotatable bonds is 5. The average molecular weight is 220 g/mol. The first kappa shape index (κ1) is 12.3. The molecule has 0 amide bonds. The summed E-state index contributed by atoms with van der Waals surface area (Å²) in [5.74, 6) is 0.849. The monoisotopic (exact) mass is 220 g/mol. The topological polar surface area (TPSA) is 44.8 Å². The maximum Gasteiger partial charge on any atom is 0.150 e. The zero-order chi connectivity index (χ0) is 11.8. The van der Waals surface area contributed by atoms with Gasteiger partial charge >= 0.3 is 0 Å². The Morgan fingerprint density at radius 1 is 1.25 bits per heavy atom. The number of nitrogens with zero attached hydrogens (tertiary/aromatic N) is 1. The third-order valence-electron chi connectivity index (χ3n) is 1.72. The number of hydrogen-bond donors (Lipinski definition) is 0. The van der Waals surface area contributed by atoms with E-state index in [1.807, 2.05) is 13.0 Å². The van der Waals surface area contributed by atoms with Crippen LogP contribution >= 0.6 is 0 Å². The fourth-order valence-electron chi connectivity index (χ4n) is 1.02. The summed E-state index contributed by atoms with van der Waals surface area (Å²) in [5.41, 5.74) is 0. The van der Waals surface area contributed by atoms with Gasteiger partial charge in [0.1, 0.15) is 11.5 Å². The summed E-state index contributed by atoms with van der Waals surface area (Å²) < 4.78 is 0. The molecule has 0 aliphatic rings. The lowest BCUT2D eigenvalue weighted by molar-refractivity contribution is -0.254. The van der Waals surface area contributed by atoms with Crippen LogP contribution in [0.3, 0.4) is 0 Å². The molecule has 0 radical (unpaired) electrons. The molecule has 0 saturated carbocycles. The van der Waals surface area contributed by atoms with Gasteiger partial charge in [-0.25, -0.2) is 0 Å². The Balaban J connectivity index is 2.50. The molecule has 16 heavy (non-hydrogen) atoms. The largest absolute Gasteiger partial charge is 0.718 e. The van der Waals surface area contributed by atoms with Gasteiger partial charge in [0.25, 0.3) is 0 Å². The van der Waals surface area contributed by atoms with Crippen LogP contribution in [0.2, 0.25) is 0 Å². The van der Waals surface area contributed by atoms with E-state index < -0.39 is 0 Å². The van der Waals surface area contributed by atoms with Crippen LogP contribution in [0.1, 0.15) is 13.8 Å². The van der Waals surface area contributed by atoms with E-state index in [0.29, 0.717) is 11.5 Å². The third-order valence-corrected chi connectivity index (χ3v) is 1.72. The van der Waals surface area contributed by atoms with Crippen LogP contribution in [-0.2, 0) is 4.84 Å². The Morgan fingerprint density at radius 2 is 1.94 bits per heavy atom. The van der Waals surface area contributed by atoms with Crippen LogP contribution in [0.4, 0.5) is 0 Å². The molecule has 1 aromatic carbocycles. The highest BCUT2D eigenvalue weighted by Crippen LogP contribution is 2.12. The van der Waals surface area contributed by atoms with Gasteiger partial charge in [-0.1, -0.05) is 24.3 Å². The zero-order valence-electron chi connectivity index (χ0n) is 9.29. The Labute approximate surface area is 94.9 Å². The molecule has 0 bridgehead atoms. The van der Waals surface area contributed by atoms with E-state index in [9.17, 15) is 5.21 Å². The van der Waals surface area contributed by atoms with Gasteiger partial charge in [0.05, 0.1) is 0 Å². The SMILES string of the molecule is C/C=C\C(=C/C)ON([O-])Oc1ccccc1. The van der Waals surface area contributed by atoms with Gasteiger partial charge in [0.15, 0.2) is 0 Å². The molecule has 4 nitrogen and oxygen atoms in total. The predicted octanol–water partition coefficient (Wildman–Crippen LogP) is 3.19. The van der Waals surface area contributed by atoms with Gasteiger partial charge in [0, 0.05) is 0 Å². The number of allylic oxidation sites excluding steroid dienone is 3. The molecule has 0 spiro atoms. The molecular formula is C12H14NO3-. The highest BCUT2D eigenvalue weighted by molar-refractivity contribution is 5.20. The van der Waals surface area contributed by atoms with E-state index in [2.05, 4.69) is 0 Å². The van der Waals surface area contributed by atoms with Crippen molar-refractivity contribution in [2.24, 2.45) is 0 Å². The molecule has 0 heterocycles. The Hall–Kier alpha value is -1.78. The van der Waals surface area contributed by atoms with Crippen LogP contribution in [0.25, 0.3) is 0 Å². The van der Waals surface area contributed by atoms with E-state index in [4.69, 9.17) is 9.68 Å². The molecule has 1 aromatic rings. The molecule has 0 aliphatic carbocycles. The highest BCUT2D eigenvalue weighted by atomic mass is 17.1. The summed E-state index contributed by atoms with van der Waals surface area (Å²) in [7, 11) is 0. The zero-order valence-corrected chi connectivity index (χ0v) is 9.29. The number of hydrogen-bond acceptors (Lipinski definition) is 4. The van der Waals surface area contributed by atoms with Crippen molar-refractivity contribution in [2.45, 2.75) is 13.8 Å². The fraction of sp³-hybridized carbons (Fsp3) is 0.167. The number of para-hydroxylation sites is 1. The highest BCUT2D eigenvalue weighted by Gasteiger charge is 1.97. The second kappa shape index (κ2) is 6.66. The van der Waals surface area contributed by atoms with Crippen LogP contribution in [0.15, 0.2) is 54.3 Å². The van der Waals surface area contributed by atoms with E-state index in [-0.39, 0.29) is 5.39 Å². The molecule has 0 N–H and O–H groups in total. The summed E-state index contributed by atoms with van der Waals surface area (Å²) in [6.07, 6.45) is 5.10. The Kier molecular flexibility index (Phi) is 5.11. The fourth-order valence-corrected chi connectivity index (χ4v) is 1.02. The van der Waals surface area contributed by atoms with Gasteiger partial charge in [-0.05, 0) is 43.5 Å². The van der Waals surface area contributed by atoms with Crippen LogP contribution < -0.4 is 4.84 Å². The van der Waals surface area contributed by atoms with Crippen LogP contribution in [-0.4, -0.2) is 5.39 Å². The quantitative estimate of drug-likeness (QED) is 0.434. The Morgan fingerprint density at radius 3 is 2.50 bits per heavy atom.